The molecule has 2 N–H and O–H groups in total. The molecule has 112 valence electrons. The number of nitrogens with one attached hydrogen (secondary N) is 2. The minimum Gasteiger partial charge on any atom is -0.316 e. The second kappa shape index (κ2) is 6.25. The zero-order valence-electron chi connectivity index (χ0n) is 11.3. The fourth-order valence-corrected chi connectivity index (χ4v) is 2.57. The van der Waals surface area contributed by atoms with Crippen molar-refractivity contribution in [3.05, 3.63) is 33.6 Å². The van der Waals surface area contributed by atoms with Crippen LogP contribution in [0.1, 0.15) is 12.5 Å². The number of halogens is 1. The Bertz CT molecular complexity index is 618. The predicted octanol–water partition coefficient (Wildman–Crippen LogP) is 0.929. The molecule has 0 aliphatic rings. The lowest BCUT2D eigenvalue weighted by molar-refractivity contribution is -0.385. The molecule has 1 aromatic rings. The first-order valence-corrected chi connectivity index (χ1v) is 7.29. The molecule has 7 nitrogen and oxygen atoms in total. The van der Waals surface area contributed by atoms with E-state index in [-0.39, 0.29) is 18.2 Å². The van der Waals surface area contributed by atoms with Crippen LogP contribution in [0.3, 0.4) is 0 Å². The SMILES string of the molecule is CNC(C)CNS(=O)(=O)c1cc(F)c(C)c([N+](=O)[O-])c1. The molecule has 0 heterocycles. The van der Waals surface area contributed by atoms with Crippen LogP contribution in [0, 0.1) is 22.9 Å². The molecule has 0 spiro atoms. The van der Waals surface area contributed by atoms with E-state index < -0.39 is 31.3 Å². The van der Waals surface area contributed by atoms with Gasteiger partial charge >= 0.3 is 0 Å². The van der Waals surface area contributed by atoms with Gasteiger partial charge in [-0.05, 0) is 27.0 Å². The van der Waals surface area contributed by atoms with Crippen molar-refractivity contribution in [2.45, 2.75) is 24.8 Å². The number of nitro groups is 1. The third-order valence-electron chi connectivity index (χ3n) is 2.87. The van der Waals surface area contributed by atoms with E-state index in [2.05, 4.69) is 10.0 Å². The number of rotatable bonds is 6. The molecule has 0 aliphatic heterocycles. The summed E-state index contributed by atoms with van der Waals surface area (Å²) in [6.45, 7) is 3.06. The van der Waals surface area contributed by atoms with Crippen LogP contribution < -0.4 is 10.0 Å². The molecular formula is C11H16FN3O4S. The summed E-state index contributed by atoms with van der Waals surface area (Å²) < 4.78 is 39.8. The Morgan fingerprint density at radius 3 is 2.55 bits per heavy atom. The Morgan fingerprint density at radius 2 is 2.05 bits per heavy atom. The first-order chi connectivity index (χ1) is 9.19. The van der Waals surface area contributed by atoms with Gasteiger partial charge in [-0.2, -0.15) is 0 Å². The van der Waals surface area contributed by atoms with Crippen LogP contribution in [0.25, 0.3) is 0 Å². The van der Waals surface area contributed by atoms with Crippen molar-refractivity contribution in [3.8, 4) is 0 Å². The number of nitro benzene ring substituents is 1. The van der Waals surface area contributed by atoms with E-state index in [0.717, 1.165) is 12.1 Å². The molecule has 20 heavy (non-hydrogen) atoms. The van der Waals surface area contributed by atoms with Gasteiger partial charge in [0.05, 0.1) is 15.4 Å². The summed E-state index contributed by atoms with van der Waals surface area (Å²) in [7, 11) is -2.33. The quantitative estimate of drug-likeness (QED) is 0.601. The second-order valence-electron chi connectivity index (χ2n) is 4.35. The molecular weight excluding hydrogens is 289 g/mol. The van der Waals surface area contributed by atoms with Gasteiger partial charge in [0.2, 0.25) is 10.0 Å². The molecule has 0 aromatic heterocycles. The molecule has 1 rings (SSSR count). The number of benzene rings is 1. The molecule has 0 fully saturated rings. The normalized spacial score (nSPS) is 13.2. The maximum Gasteiger partial charge on any atom is 0.276 e. The van der Waals surface area contributed by atoms with Crippen LogP contribution in [0.2, 0.25) is 0 Å². The van der Waals surface area contributed by atoms with Crippen LogP contribution in [0.5, 0.6) is 0 Å². The molecule has 0 bridgehead atoms. The number of hydrogen-bond donors (Lipinski definition) is 2. The lowest BCUT2D eigenvalue weighted by Gasteiger charge is -2.12. The van der Waals surface area contributed by atoms with E-state index in [0.29, 0.717) is 0 Å². The van der Waals surface area contributed by atoms with Crippen molar-refractivity contribution in [2.75, 3.05) is 13.6 Å². The van der Waals surface area contributed by atoms with Gasteiger partial charge in [-0.3, -0.25) is 10.1 Å². The van der Waals surface area contributed by atoms with Crippen molar-refractivity contribution in [1.82, 2.24) is 10.0 Å². The first kappa shape index (κ1) is 16.5. The van der Waals surface area contributed by atoms with Crippen molar-refractivity contribution >= 4 is 15.7 Å². The second-order valence-corrected chi connectivity index (χ2v) is 6.11. The molecule has 9 heteroatoms. The average molecular weight is 305 g/mol. The highest BCUT2D eigenvalue weighted by Crippen LogP contribution is 2.25. The Kier molecular flexibility index (Phi) is 5.15. The van der Waals surface area contributed by atoms with E-state index in [4.69, 9.17) is 0 Å². The Balaban J connectivity index is 3.16. The van der Waals surface area contributed by atoms with Gasteiger partial charge in [-0.1, -0.05) is 0 Å². The topological polar surface area (TPSA) is 101 Å². The molecule has 1 atom stereocenters. The van der Waals surface area contributed by atoms with Crippen LogP contribution in [0.15, 0.2) is 17.0 Å². The Morgan fingerprint density at radius 1 is 1.45 bits per heavy atom. The summed E-state index contributed by atoms with van der Waals surface area (Å²) in [5, 5.41) is 13.6. The number of hydrogen-bond acceptors (Lipinski definition) is 5. The van der Waals surface area contributed by atoms with Crippen molar-refractivity contribution in [1.29, 1.82) is 0 Å². The summed E-state index contributed by atoms with van der Waals surface area (Å²) in [6, 6.07) is 1.49. The third kappa shape index (κ3) is 3.71. The van der Waals surface area contributed by atoms with E-state index in [1.807, 2.05) is 0 Å². The minimum absolute atomic E-state index is 0.0854. The number of sulfonamides is 1. The molecule has 0 saturated carbocycles. The summed E-state index contributed by atoms with van der Waals surface area (Å²) in [5.74, 6) is -0.929. The van der Waals surface area contributed by atoms with Gasteiger partial charge in [0.15, 0.2) is 0 Å². The largest absolute Gasteiger partial charge is 0.316 e. The van der Waals surface area contributed by atoms with E-state index >= 15 is 0 Å². The van der Waals surface area contributed by atoms with Crippen LogP contribution in [0.4, 0.5) is 10.1 Å². The average Bonchev–Trinajstić information content (AvgIpc) is 2.38. The smallest absolute Gasteiger partial charge is 0.276 e. The molecule has 0 radical (unpaired) electrons. The van der Waals surface area contributed by atoms with E-state index in [9.17, 15) is 22.9 Å². The monoisotopic (exact) mass is 305 g/mol. The first-order valence-electron chi connectivity index (χ1n) is 5.80. The van der Waals surface area contributed by atoms with Crippen LogP contribution in [-0.2, 0) is 10.0 Å². The lowest BCUT2D eigenvalue weighted by Crippen LogP contribution is -2.37. The molecule has 0 saturated heterocycles. The third-order valence-corrected chi connectivity index (χ3v) is 4.27. The maximum absolute atomic E-state index is 13.6. The molecule has 1 aromatic carbocycles. The summed E-state index contributed by atoms with van der Waals surface area (Å²) in [5.41, 5.74) is -0.760. The summed E-state index contributed by atoms with van der Waals surface area (Å²) in [4.78, 5) is 9.50. The standard InChI is InChI=1S/C11H16FN3O4S/c1-7(13-3)6-14-20(18,19)9-4-10(12)8(2)11(5-9)15(16)17/h4-5,7,13-14H,6H2,1-3H3. The lowest BCUT2D eigenvalue weighted by atomic mass is 10.2. The van der Waals surface area contributed by atoms with Gasteiger partial charge in [-0.25, -0.2) is 17.5 Å². The fourth-order valence-electron chi connectivity index (χ4n) is 1.41. The van der Waals surface area contributed by atoms with Gasteiger partial charge in [-0.15, -0.1) is 0 Å². The molecule has 1 unspecified atom stereocenters. The highest BCUT2D eigenvalue weighted by atomic mass is 32.2. The summed E-state index contributed by atoms with van der Waals surface area (Å²) >= 11 is 0. The van der Waals surface area contributed by atoms with Gasteiger partial charge in [0.1, 0.15) is 5.82 Å². The van der Waals surface area contributed by atoms with E-state index in [1.165, 1.54) is 6.92 Å². The number of nitrogens with zero attached hydrogens (tertiary/aromatic N) is 1. The summed E-state index contributed by atoms with van der Waals surface area (Å²) in [6.07, 6.45) is 0. The highest BCUT2D eigenvalue weighted by Gasteiger charge is 2.23. The van der Waals surface area contributed by atoms with E-state index in [1.54, 1.807) is 14.0 Å². The van der Waals surface area contributed by atoms with Gasteiger partial charge in [0.25, 0.3) is 5.69 Å². The number of likely N-dealkylation sites (N-methyl/N-ethyl adjacent to an activating group) is 1. The van der Waals surface area contributed by atoms with Gasteiger partial charge in [0, 0.05) is 18.7 Å². The Hall–Kier alpha value is -1.58. The van der Waals surface area contributed by atoms with Gasteiger partial charge < -0.3 is 5.32 Å². The fraction of sp³-hybridized carbons (Fsp3) is 0.455. The molecule has 0 aliphatic carbocycles. The Labute approximate surface area is 116 Å². The maximum atomic E-state index is 13.6. The molecule has 0 amide bonds. The zero-order chi connectivity index (χ0) is 15.5. The van der Waals surface area contributed by atoms with Crippen LogP contribution >= 0.6 is 0 Å². The zero-order valence-corrected chi connectivity index (χ0v) is 12.1. The van der Waals surface area contributed by atoms with Crippen LogP contribution in [-0.4, -0.2) is 33.0 Å². The van der Waals surface area contributed by atoms with Crippen molar-refractivity contribution in [2.24, 2.45) is 0 Å². The minimum atomic E-state index is -4.00. The van der Waals surface area contributed by atoms with Crippen molar-refractivity contribution in [3.63, 3.8) is 0 Å². The van der Waals surface area contributed by atoms with Crippen molar-refractivity contribution < 1.29 is 17.7 Å². The predicted molar refractivity (Wildman–Crippen MR) is 71.5 cm³/mol. The highest BCUT2D eigenvalue weighted by molar-refractivity contribution is 7.89.